The first-order chi connectivity index (χ1) is 13.5. The van der Waals surface area contributed by atoms with Crippen LogP contribution in [0.3, 0.4) is 0 Å². The molecule has 0 unspecified atom stereocenters. The number of benzene rings is 2. The Balaban J connectivity index is 1.90. The topological polar surface area (TPSA) is 81.2 Å². The van der Waals surface area contributed by atoms with Crippen LogP contribution in [0.1, 0.15) is 46.0 Å². The first kappa shape index (κ1) is 19.4. The third kappa shape index (κ3) is 3.83. The number of halogens is 1. The van der Waals surface area contributed by atoms with Crippen LogP contribution in [-0.2, 0) is 17.6 Å². The van der Waals surface area contributed by atoms with E-state index < -0.39 is 17.7 Å². The van der Waals surface area contributed by atoms with Crippen LogP contribution in [0.4, 0.5) is 10.1 Å². The molecule has 0 radical (unpaired) electrons. The van der Waals surface area contributed by atoms with Gasteiger partial charge in [-0.25, -0.2) is 19.2 Å². The highest BCUT2D eigenvalue weighted by molar-refractivity contribution is 6.06. The van der Waals surface area contributed by atoms with E-state index in [0.717, 1.165) is 42.9 Å². The summed E-state index contributed by atoms with van der Waals surface area (Å²) in [6.45, 7) is 4.04. The van der Waals surface area contributed by atoms with Gasteiger partial charge in [0.2, 0.25) is 0 Å². The van der Waals surface area contributed by atoms with Crippen LogP contribution in [-0.4, -0.2) is 29.0 Å². The minimum Gasteiger partial charge on any atom is -0.465 e. The zero-order chi connectivity index (χ0) is 20.3. The van der Waals surface area contributed by atoms with Crippen molar-refractivity contribution in [3.05, 3.63) is 64.7 Å². The maximum atomic E-state index is 13.7. The summed E-state index contributed by atoms with van der Waals surface area (Å²) in [5, 5.41) is 2.66. The predicted molar refractivity (Wildman–Crippen MR) is 104 cm³/mol. The number of amides is 1. The van der Waals surface area contributed by atoms with Crippen molar-refractivity contribution in [2.45, 2.75) is 26.7 Å². The first-order valence-electron chi connectivity index (χ1n) is 8.95. The number of carbonyl (C=O) groups is 2. The molecule has 6 nitrogen and oxygen atoms in total. The van der Waals surface area contributed by atoms with Crippen LogP contribution in [0, 0.1) is 5.82 Å². The number of ether oxygens (including phenoxy) is 1. The fourth-order valence-corrected chi connectivity index (χ4v) is 2.91. The van der Waals surface area contributed by atoms with E-state index in [9.17, 15) is 14.0 Å². The molecule has 0 aliphatic rings. The second-order valence-electron chi connectivity index (χ2n) is 6.17. The molecule has 144 valence electrons. The number of nitrogens with one attached hydrogen (secondary N) is 1. The fraction of sp³-hybridized carbons (Fsp3) is 0.238. The van der Waals surface area contributed by atoms with Crippen LogP contribution in [0.2, 0.25) is 0 Å². The van der Waals surface area contributed by atoms with E-state index >= 15 is 0 Å². The standard InChI is InChI=1S/C21H20FN3O3/c1-4-16-17(5-2)25-19-10-12(6-9-18(19)24-16)20(26)23-13-7-8-15(22)14(11-13)21(27)28-3/h6-11H,4-5H2,1-3H3,(H,23,26). The normalized spacial score (nSPS) is 10.7. The number of anilines is 1. The maximum absolute atomic E-state index is 13.7. The van der Waals surface area contributed by atoms with Gasteiger partial charge in [0.1, 0.15) is 5.82 Å². The van der Waals surface area contributed by atoms with Gasteiger partial charge in [0.25, 0.3) is 5.91 Å². The van der Waals surface area contributed by atoms with E-state index in [4.69, 9.17) is 0 Å². The predicted octanol–water partition coefficient (Wildman–Crippen LogP) is 3.93. The number of fused-ring (bicyclic) bond motifs is 1. The number of carbonyl (C=O) groups excluding carboxylic acids is 2. The average molecular weight is 381 g/mol. The summed E-state index contributed by atoms with van der Waals surface area (Å²) in [6, 6.07) is 8.79. The number of aromatic nitrogens is 2. The lowest BCUT2D eigenvalue weighted by Crippen LogP contribution is -2.13. The summed E-state index contributed by atoms with van der Waals surface area (Å²) in [4.78, 5) is 33.4. The van der Waals surface area contributed by atoms with Crippen molar-refractivity contribution in [1.29, 1.82) is 0 Å². The molecule has 0 saturated carbocycles. The Labute approximate surface area is 161 Å². The molecule has 1 N–H and O–H groups in total. The van der Waals surface area contributed by atoms with E-state index in [1.807, 2.05) is 13.8 Å². The Hall–Kier alpha value is -3.35. The third-order valence-corrected chi connectivity index (χ3v) is 4.38. The molecule has 0 fully saturated rings. The van der Waals surface area contributed by atoms with Gasteiger partial charge in [-0.2, -0.15) is 0 Å². The van der Waals surface area contributed by atoms with Gasteiger partial charge in [-0.05, 0) is 49.2 Å². The highest BCUT2D eigenvalue weighted by Gasteiger charge is 2.15. The van der Waals surface area contributed by atoms with Gasteiger partial charge in [-0.1, -0.05) is 13.8 Å². The summed E-state index contributed by atoms with van der Waals surface area (Å²) in [7, 11) is 1.16. The van der Waals surface area contributed by atoms with Crippen molar-refractivity contribution in [2.75, 3.05) is 12.4 Å². The molecule has 7 heteroatoms. The smallest absolute Gasteiger partial charge is 0.340 e. The van der Waals surface area contributed by atoms with Gasteiger partial charge >= 0.3 is 5.97 Å². The maximum Gasteiger partial charge on any atom is 0.340 e. The molecule has 0 aliphatic carbocycles. The molecule has 28 heavy (non-hydrogen) atoms. The first-order valence-corrected chi connectivity index (χ1v) is 8.95. The monoisotopic (exact) mass is 381 g/mol. The van der Waals surface area contributed by atoms with E-state index in [1.165, 1.54) is 12.1 Å². The number of hydrogen-bond acceptors (Lipinski definition) is 5. The van der Waals surface area contributed by atoms with E-state index in [1.54, 1.807) is 18.2 Å². The van der Waals surface area contributed by atoms with E-state index in [0.29, 0.717) is 11.1 Å². The SMILES string of the molecule is CCc1nc2ccc(C(=O)Nc3ccc(F)c(C(=O)OC)c3)cc2nc1CC. The number of esters is 1. The van der Waals surface area contributed by atoms with Gasteiger partial charge < -0.3 is 10.1 Å². The van der Waals surface area contributed by atoms with Gasteiger partial charge in [-0.15, -0.1) is 0 Å². The minimum absolute atomic E-state index is 0.246. The molecule has 0 saturated heterocycles. The second-order valence-corrected chi connectivity index (χ2v) is 6.17. The number of methoxy groups -OCH3 is 1. The fourth-order valence-electron chi connectivity index (χ4n) is 2.91. The zero-order valence-electron chi connectivity index (χ0n) is 15.9. The average Bonchev–Trinajstić information content (AvgIpc) is 2.72. The molecule has 1 amide bonds. The molecular formula is C21H20FN3O3. The van der Waals surface area contributed by atoms with Gasteiger partial charge in [0.05, 0.1) is 35.1 Å². The third-order valence-electron chi connectivity index (χ3n) is 4.38. The Morgan fingerprint density at radius 3 is 2.32 bits per heavy atom. The van der Waals surface area contributed by atoms with Gasteiger partial charge in [0.15, 0.2) is 0 Å². The van der Waals surface area contributed by atoms with Crippen LogP contribution < -0.4 is 5.32 Å². The molecule has 0 aliphatic heterocycles. The van der Waals surface area contributed by atoms with Crippen LogP contribution in [0.5, 0.6) is 0 Å². The van der Waals surface area contributed by atoms with Crippen molar-refractivity contribution < 1.29 is 18.7 Å². The zero-order valence-corrected chi connectivity index (χ0v) is 15.9. The Bertz CT molecular complexity index is 1070. The van der Waals surface area contributed by atoms with E-state index in [-0.39, 0.29) is 11.3 Å². The molecule has 3 rings (SSSR count). The number of rotatable bonds is 5. The quantitative estimate of drug-likeness (QED) is 0.677. The number of nitrogens with zero attached hydrogens (tertiary/aromatic N) is 2. The van der Waals surface area contributed by atoms with Gasteiger partial charge in [-0.3, -0.25) is 4.79 Å². The molecule has 0 bridgehead atoms. The van der Waals surface area contributed by atoms with Crippen molar-refractivity contribution in [2.24, 2.45) is 0 Å². The Morgan fingerprint density at radius 2 is 1.68 bits per heavy atom. The van der Waals surface area contributed by atoms with Crippen molar-refractivity contribution in [1.82, 2.24) is 9.97 Å². The molecule has 0 atom stereocenters. The summed E-state index contributed by atoms with van der Waals surface area (Å²) in [6.07, 6.45) is 1.55. The van der Waals surface area contributed by atoms with Crippen LogP contribution >= 0.6 is 0 Å². The van der Waals surface area contributed by atoms with Crippen LogP contribution in [0.25, 0.3) is 11.0 Å². The summed E-state index contributed by atoms with van der Waals surface area (Å²) < 4.78 is 18.3. The second kappa shape index (κ2) is 8.12. The molecule has 3 aromatic rings. The number of aryl methyl sites for hydroxylation is 2. The van der Waals surface area contributed by atoms with E-state index in [2.05, 4.69) is 20.0 Å². The summed E-state index contributed by atoms with van der Waals surface area (Å²) >= 11 is 0. The minimum atomic E-state index is -0.812. The molecular weight excluding hydrogens is 361 g/mol. The molecule has 0 spiro atoms. The lowest BCUT2D eigenvalue weighted by molar-refractivity contribution is 0.0595. The molecule has 1 aromatic heterocycles. The van der Waals surface area contributed by atoms with Crippen LogP contribution in [0.15, 0.2) is 36.4 Å². The molecule has 2 aromatic carbocycles. The van der Waals surface area contributed by atoms with Crippen molar-refractivity contribution in [3.8, 4) is 0 Å². The Kier molecular flexibility index (Phi) is 5.63. The molecule has 1 heterocycles. The van der Waals surface area contributed by atoms with Gasteiger partial charge in [0, 0.05) is 11.3 Å². The largest absolute Gasteiger partial charge is 0.465 e. The summed E-state index contributed by atoms with van der Waals surface area (Å²) in [5.74, 6) is -1.93. The lowest BCUT2D eigenvalue weighted by Gasteiger charge is -2.10. The van der Waals surface area contributed by atoms with Crippen molar-refractivity contribution >= 4 is 28.6 Å². The summed E-state index contributed by atoms with van der Waals surface area (Å²) in [5.41, 5.74) is 3.65. The highest BCUT2D eigenvalue weighted by atomic mass is 19.1. The Morgan fingerprint density at radius 1 is 1.00 bits per heavy atom. The van der Waals surface area contributed by atoms with Crippen molar-refractivity contribution in [3.63, 3.8) is 0 Å². The number of hydrogen-bond donors (Lipinski definition) is 1. The highest BCUT2D eigenvalue weighted by Crippen LogP contribution is 2.19. The lowest BCUT2D eigenvalue weighted by atomic mass is 10.1.